The van der Waals surface area contributed by atoms with Crippen LogP contribution in [0.3, 0.4) is 0 Å². The topological polar surface area (TPSA) is 61.2 Å². The largest absolute Gasteiger partial charge is 0.493 e. The number of rotatable bonds is 5. The van der Waals surface area contributed by atoms with Crippen LogP contribution in [0.25, 0.3) is 0 Å². The van der Waals surface area contributed by atoms with E-state index in [1.54, 1.807) is 24.4 Å². The van der Waals surface area contributed by atoms with Crippen LogP contribution in [-0.2, 0) is 6.54 Å². The second kappa shape index (κ2) is 6.14. The fourth-order valence-electron chi connectivity index (χ4n) is 1.90. The van der Waals surface area contributed by atoms with Gasteiger partial charge in [0.05, 0.1) is 18.7 Å². The van der Waals surface area contributed by atoms with E-state index < -0.39 is 5.69 Å². The van der Waals surface area contributed by atoms with Gasteiger partial charge in [0.1, 0.15) is 5.75 Å². The Morgan fingerprint density at radius 3 is 2.85 bits per heavy atom. The summed E-state index contributed by atoms with van der Waals surface area (Å²) in [4.78, 5) is 27.6. The highest BCUT2D eigenvalue weighted by Crippen LogP contribution is 2.18. The Morgan fingerprint density at radius 2 is 2.10 bits per heavy atom. The van der Waals surface area contributed by atoms with Crippen molar-refractivity contribution < 1.29 is 9.53 Å². The van der Waals surface area contributed by atoms with Crippen molar-refractivity contribution in [2.45, 2.75) is 20.4 Å². The number of para-hydroxylation sites is 1. The lowest BCUT2D eigenvalue weighted by atomic mass is 10.1. The van der Waals surface area contributed by atoms with Gasteiger partial charge in [0, 0.05) is 12.4 Å². The summed E-state index contributed by atoms with van der Waals surface area (Å²) >= 11 is 0. The number of carbonyl (C=O) groups excluding carboxylic acids is 1. The van der Waals surface area contributed by atoms with E-state index >= 15 is 0 Å². The van der Waals surface area contributed by atoms with Crippen molar-refractivity contribution in [3.8, 4) is 5.75 Å². The van der Waals surface area contributed by atoms with Gasteiger partial charge in [0.2, 0.25) is 0 Å². The zero-order chi connectivity index (χ0) is 14.5. The Balaban J connectivity index is 2.28. The standard InChI is InChI=1S/C15H16N2O3/c1-3-20-14-7-5-4-6-12(14)13(18)10-17-9-11(2)8-16-15(17)19/h4-9H,3,10H2,1-2H3. The monoisotopic (exact) mass is 272 g/mol. The number of Topliss-reactive ketones (excluding diaryl/α,β-unsaturated/α-hetero) is 1. The van der Waals surface area contributed by atoms with E-state index in [0.29, 0.717) is 17.9 Å². The minimum Gasteiger partial charge on any atom is -0.493 e. The van der Waals surface area contributed by atoms with Gasteiger partial charge >= 0.3 is 5.69 Å². The second-order valence-electron chi connectivity index (χ2n) is 4.39. The van der Waals surface area contributed by atoms with E-state index in [0.717, 1.165) is 5.56 Å². The van der Waals surface area contributed by atoms with Gasteiger partial charge in [-0.2, -0.15) is 0 Å². The van der Waals surface area contributed by atoms with Crippen LogP contribution in [0.15, 0.2) is 41.5 Å². The third-order valence-corrected chi connectivity index (χ3v) is 2.79. The Labute approximate surface area is 116 Å². The number of nitrogens with zero attached hydrogens (tertiary/aromatic N) is 2. The van der Waals surface area contributed by atoms with Crippen molar-refractivity contribution in [2.24, 2.45) is 0 Å². The summed E-state index contributed by atoms with van der Waals surface area (Å²) < 4.78 is 6.73. The molecule has 1 aromatic heterocycles. The van der Waals surface area contributed by atoms with Crippen LogP contribution in [0.4, 0.5) is 0 Å². The Hall–Kier alpha value is -2.43. The molecule has 0 bridgehead atoms. The second-order valence-corrected chi connectivity index (χ2v) is 4.39. The highest BCUT2D eigenvalue weighted by Gasteiger charge is 2.13. The van der Waals surface area contributed by atoms with Gasteiger partial charge in [0.25, 0.3) is 0 Å². The van der Waals surface area contributed by atoms with Crippen LogP contribution in [-0.4, -0.2) is 21.9 Å². The predicted molar refractivity (Wildman–Crippen MR) is 75.2 cm³/mol. The molecule has 0 aliphatic rings. The molecule has 0 saturated carbocycles. The summed E-state index contributed by atoms with van der Waals surface area (Å²) in [5.74, 6) is 0.359. The highest BCUT2D eigenvalue weighted by atomic mass is 16.5. The SMILES string of the molecule is CCOc1ccccc1C(=O)Cn1cc(C)cnc1=O. The van der Waals surface area contributed by atoms with Crippen molar-refractivity contribution in [3.63, 3.8) is 0 Å². The zero-order valence-electron chi connectivity index (χ0n) is 11.5. The molecule has 0 atom stereocenters. The lowest BCUT2D eigenvalue weighted by Gasteiger charge is -2.10. The fraction of sp³-hybridized carbons (Fsp3) is 0.267. The number of ether oxygens (including phenoxy) is 1. The maximum atomic E-state index is 12.3. The molecule has 0 aliphatic heterocycles. The van der Waals surface area contributed by atoms with Crippen LogP contribution < -0.4 is 10.4 Å². The van der Waals surface area contributed by atoms with Gasteiger partial charge in [-0.3, -0.25) is 9.36 Å². The predicted octanol–water partition coefficient (Wildman–Crippen LogP) is 1.83. The van der Waals surface area contributed by atoms with E-state index in [-0.39, 0.29) is 12.3 Å². The number of aromatic nitrogens is 2. The number of carbonyl (C=O) groups is 1. The third-order valence-electron chi connectivity index (χ3n) is 2.79. The van der Waals surface area contributed by atoms with E-state index in [1.165, 1.54) is 10.8 Å². The smallest absolute Gasteiger partial charge is 0.347 e. The quantitative estimate of drug-likeness (QED) is 0.779. The van der Waals surface area contributed by atoms with E-state index in [2.05, 4.69) is 4.98 Å². The zero-order valence-corrected chi connectivity index (χ0v) is 11.5. The molecule has 0 aliphatic carbocycles. The van der Waals surface area contributed by atoms with Gasteiger partial charge in [-0.1, -0.05) is 12.1 Å². The van der Waals surface area contributed by atoms with Crippen LogP contribution in [0.5, 0.6) is 5.75 Å². The Kier molecular flexibility index (Phi) is 4.30. The van der Waals surface area contributed by atoms with Crippen LogP contribution in [0.2, 0.25) is 0 Å². The molecular formula is C15H16N2O3. The average molecular weight is 272 g/mol. The molecule has 0 fully saturated rings. The van der Waals surface area contributed by atoms with Crippen LogP contribution >= 0.6 is 0 Å². The first-order valence-electron chi connectivity index (χ1n) is 6.40. The van der Waals surface area contributed by atoms with Crippen molar-refractivity contribution >= 4 is 5.78 Å². The van der Waals surface area contributed by atoms with E-state index in [1.807, 2.05) is 19.9 Å². The first-order valence-corrected chi connectivity index (χ1v) is 6.40. The van der Waals surface area contributed by atoms with Crippen molar-refractivity contribution in [3.05, 3.63) is 58.3 Å². The summed E-state index contributed by atoms with van der Waals surface area (Å²) in [7, 11) is 0. The van der Waals surface area contributed by atoms with Gasteiger partial charge < -0.3 is 4.74 Å². The molecule has 20 heavy (non-hydrogen) atoms. The number of benzene rings is 1. The molecule has 0 N–H and O–H groups in total. The lowest BCUT2D eigenvalue weighted by Crippen LogP contribution is -2.26. The maximum absolute atomic E-state index is 12.3. The average Bonchev–Trinajstić information content (AvgIpc) is 2.44. The Bertz CT molecular complexity index is 677. The summed E-state index contributed by atoms with van der Waals surface area (Å²) in [6.07, 6.45) is 3.11. The molecular weight excluding hydrogens is 256 g/mol. The van der Waals surface area contributed by atoms with Crippen molar-refractivity contribution in [2.75, 3.05) is 6.61 Å². The van der Waals surface area contributed by atoms with Gasteiger partial charge in [-0.25, -0.2) is 9.78 Å². The van der Waals surface area contributed by atoms with Gasteiger partial charge in [-0.15, -0.1) is 0 Å². The van der Waals surface area contributed by atoms with Crippen LogP contribution in [0, 0.1) is 6.92 Å². The summed E-state index contributed by atoms with van der Waals surface area (Å²) in [5.41, 5.74) is 0.871. The van der Waals surface area contributed by atoms with Crippen molar-refractivity contribution in [1.29, 1.82) is 0 Å². The third kappa shape index (κ3) is 3.12. The minimum atomic E-state index is -0.433. The van der Waals surface area contributed by atoms with Gasteiger partial charge in [-0.05, 0) is 31.5 Å². The van der Waals surface area contributed by atoms with E-state index in [9.17, 15) is 9.59 Å². The summed E-state index contributed by atoms with van der Waals surface area (Å²) in [6.45, 7) is 4.12. The minimum absolute atomic E-state index is 0.0440. The molecule has 5 heteroatoms. The van der Waals surface area contributed by atoms with Crippen molar-refractivity contribution in [1.82, 2.24) is 9.55 Å². The highest BCUT2D eigenvalue weighted by molar-refractivity contribution is 5.98. The molecule has 0 unspecified atom stereocenters. The summed E-state index contributed by atoms with van der Waals surface area (Å²) in [6, 6.07) is 7.02. The first-order chi connectivity index (χ1) is 9.61. The Morgan fingerprint density at radius 1 is 1.35 bits per heavy atom. The molecule has 0 saturated heterocycles. The molecule has 1 aromatic carbocycles. The summed E-state index contributed by atoms with van der Waals surface area (Å²) in [5, 5.41) is 0. The molecule has 2 rings (SSSR count). The number of aryl methyl sites for hydroxylation is 1. The maximum Gasteiger partial charge on any atom is 0.347 e. The number of hydrogen-bond donors (Lipinski definition) is 0. The first kappa shape index (κ1) is 14.0. The lowest BCUT2D eigenvalue weighted by molar-refractivity contribution is 0.0966. The molecule has 104 valence electrons. The molecule has 5 nitrogen and oxygen atoms in total. The fourth-order valence-corrected chi connectivity index (χ4v) is 1.90. The molecule has 0 radical (unpaired) electrons. The van der Waals surface area contributed by atoms with Gasteiger partial charge in [0.15, 0.2) is 5.78 Å². The van der Waals surface area contributed by atoms with E-state index in [4.69, 9.17) is 4.74 Å². The molecule has 2 aromatic rings. The molecule has 0 amide bonds. The van der Waals surface area contributed by atoms with Crippen LogP contribution in [0.1, 0.15) is 22.8 Å². The number of ketones is 1. The number of hydrogen-bond acceptors (Lipinski definition) is 4. The normalized spacial score (nSPS) is 10.3. The molecule has 1 heterocycles. The molecule has 0 spiro atoms.